The molecule has 1 unspecified atom stereocenters. The Morgan fingerprint density at radius 2 is 1.60 bits per heavy atom. The Balaban J connectivity index is 1.27. The third-order valence-electron chi connectivity index (χ3n) is 16.3. The van der Waals surface area contributed by atoms with Crippen molar-refractivity contribution < 1.29 is 53.1 Å². The topological polar surface area (TPSA) is 167 Å². The standard InChI is InChI=1S/C64H85N3O11/c1-5-7-8-9-10-11-12-13-14-30-59(70)67(44-47-27-23-26-45-24-15-16-28-50(45)47)58-43-55(66-78-60-31-19-22-39-74-60)52-40-46(25-17-20-36-68)51(29-18-21-37-69)61-53-41-49(33-35-56(53)77-64(58,62(52)61)75-38-6-2)76-63(71)65-54-34-32-48(72-3)42-57(54)73-4/h6,15-16,23-24,26-28,32-35,40-42,46,51,58,60-62,68-69H,2,5,7-14,17-22,25,29-31,36-39,43-44H2,1,3-4H3,(H,65,71)/t46-,51+,58-,60?,61+,62+,64+/m0/s1. The predicted octanol–water partition coefficient (Wildman–Crippen LogP) is 13.6. The number of nitrogens with one attached hydrogen (secondary N) is 1. The van der Waals surface area contributed by atoms with Crippen LogP contribution in [0.25, 0.3) is 10.8 Å². The van der Waals surface area contributed by atoms with Crippen LogP contribution in [0.1, 0.15) is 152 Å². The molecule has 4 aromatic rings. The van der Waals surface area contributed by atoms with Crippen molar-refractivity contribution in [1.82, 2.24) is 4.90 Å². The second-order valence-electron chi connectivity index (χ2n) is 21.5. The first kappa shape index (κ1) is 58.2. The van der Waals surface area contributed by atoms with Crippen molar-refractivity contribution in [2.75, 3.05) is 46.0 Å². The molecular weight excluding hydrogens is 987 g/mol. The summed E-state index contributed by atoms with van der Waals surface area (Å²) in [7, 11) is 3.08. The number of fused-ring (bicyclic) bond motifs is 3. The van der Waals surface area contributed by atoms with E-state index in [0.717, 1.165) is 91.7 Å². The number of allylic oxidation sites excluding steroid dienone is 1. The van der Waals surface area contributed by atoms with Crippen LogP contribution in [-0.2, 0) is 25.7 Å². The van der Waals surface area contributed by atoms with Gasteiger partial charge in [0.2, 0.25) is 18.0 Å². The van der Waals surface area contributed by atoms with Crippen molar-refractivity contribution in [2.45, 2.75) is 166 Å². The predicted molar refractivity (Wildman–Crippen MR) is 305 cm³/mol. The first-order chi connectivity index (χ1) is 38.2. The summed E-state index contributed by atoms with van der Waals surface area (Å²) in [5.74, 6) is -0.577. The number of nitrogens with zero attached hydrogens (tertiary/aromatic N) is 2. The molecule has 0 radical (unpaired) electrons. The Morgan fingerprint density at radius 3 is 2.35 bits per heavy atom. The van der Waals surface area contributed by atoms with Gasteiger partial charge in [-0.2, -0.15) is 0 Å². The van der Waals surface area contributed by atoms with Gasteiger partial charge in [0.05, 0.1) is 44.8 Å². The summed E-state index contributed by atoms with van der Waals surface area (Å²) in [4.78, 5) is 38.0. The van der Waals surface area contributed by atoms with Gasteiger partial charge in [0.25, 0.3) is 0 Å². The van der Waals surface area contributed by atoms with E-state index in [4.69, 9.17) is 38.4 Å². The van der Waals surface area contributed by atoms with E-state index in [9.17, 15) is 15.0 Å². The minimum atomic E-state index is -1.48. The zero-order valence-electron chi connectivity index (χ0n) is 46.5. The molecule has 2 aliphatic heterocycles. The normalized spacial score (nSPS) is 22.8. The van der Waals surface area contributed by atoms with Crippen LogP contribution in [0, 0.1) is 17.8 Å². The molecule has 1 saturated heterocycles. The summed E-state index contributed by atoms with van der Waals surface area (Å²) in [5.41, 5.74) is 3.87. The highest BCUT2D eigenvalue weighted by Gasteiger charge is 2.65. The summed E-state index contributed by atoms with van der Waals surface area (Å²) in [5, 5.41) is 30.4. The van der Waals surface area contributed by atoms with Gasteiger partial charge in [-0.1, -0.05) is 131 Å². The third kappa shape index (κ3) is 14.3. The molecule has 4 aromatic carbocycles. The summed E-state index contributed by atoms with van der Waals surface area (Å²) < 4.78 is 38.1. The molecule has 14 nitrogen and oxygen atoms in total. The van der Waals surface area contributed by atoms with Crippen LogP contribution in [0.2, 0.25) is 0 Å². The molecule has 14 heteroatoms. The fraction of sp³-hybridized carbons (Fsp3) is 0.547. The molecule has 2 heterocycles. The molecular formula is C64H85N3O11. The lowest BCUT2D eigenvalue weighted by Crippen LogP contribution is -2.70. The number of methoxy groups -OCH3 is 2. The van der Waals surface area contributed by atoms with Gasteiger partial charge in [-0.05, 0) is 109 Å². The van der Waals surface area contributed by atoms with Crippen molar-refractivity contribution in [3.8, 4) is 23.0 Å². The number of anilines is 1. The van der Waals surface area contributed by atoms with Gasteiger partial charge in [-0.25, -0.2) is 4.79 Å². The Labute approximate surface area is 462 Å². The molecule has 0 spiro atoms. The lowest BCUT2D eigenvalue weighted by Gasteiger charge is -2.60. The molecule has 2 amide bonds. The minimum Gasteiger partial charge on any atom is -0.497 e. The molecule has 8 rings (SSSR count). The molecule has 1 saturated carbocycles. The van der Waals surface area contributed by atoms with E-state index in [0.29, 0.717) is 73.2 Å². The van der Waals surface area contributed by atoms with Crippen LogP contribution in [0.5, 0.6) is 23.0 Å². The van der Waals surface area contributed by atoms with Gasteiger partial charge in [0, 0.05) is 56.6 Å². The van der Waals surface area contributed by atoms with Crippen LogP contribution >= 0.6 is 0 Å². The maximum absolute atomic E-state index is 15.6. The van der Waals surface area contributed by atoms with Gasteiger partial charge in [0.1, 0.15) is 29.0 Å². The number of benzene rings is 4. The maximum atomic E-state index is 15.6. The van der Waals surface area contributed by atoms with Gasteiger partial charge in [0.15, 0.2) is 0 Å². The summed E-state index contributed by atoms with van der Waals surface area (Å²) in [6.45, 7) is 7.52. The number of amides is 2. The Hall–Kier alpha value is -5.93. The maximum Gasteiger partial charge on any atom is 0.417 e. The monoisotopic (exact) mass is 1070 g/mol. The fourth-order valence-corrected chi connectivity index (χ4v) is 12.5. The van der Waals surface area contributed by atoms with Crippen LogP contribution in [0.3, 0.4) is 0 Å². The number of carbonyl (C=O) groups excluding carboxylic acids is 2. The molecule has 7 atom stereocenters. The van der Waals surface area contributed by atoms with Crippen LogP contribution in [-0.4, -0.2) is 91.6 Å². The van der Waals surface area contributed by atoms with Gasteiger partial charge in [-0.15, -0.1) is 6.58 Å². The zero-order valence-corrected chi connectivity index (χ0v) is 46.5. The number of aliphatic hydroxyl groups is 2. The lowest BCUT2D eigenvalue weighted by atomic mass is 9.55. The summed E-state index contributed by atoms with van der Waals surface area (Å²) >= 11 is 0. The molecule has 2 fully saturated rings. The van der Waals surface area contributed by atoms with Crippen LogP contribution in [0.4, 0.5) is 10.5 Å². The highest BCUT2D eigenvalue weighted by atomic mass is 16.8. The Bertz CT molecular complexity index is 2640. The molecule has 4 aliphatic rings. The summed E-state index contributed by atoms with van der Waals surface area (Å²) in [6, 6.07) is 24.5. The van der Waals surface area contributed by atoms with Gasteiger partial charge < -0.3 is 48.4 Å². The molecule has 3 N–H and O–H groups in total. The number of ether oxygens (including phenoxy) is 6. The minimum absolute atomic E-state index is 0.00213. The fourth-order valence-electron chi connectivity index (χ4n) is 12.5. The molecule has 422 valence electrons. The SMILES string of the molecule is C=CCO[C@@]12Oc3ccc(OC(=O)Nc4ccc(OC)cc4OC)cc3[C@H]3[C@H](CCCCO)[C@@H](CCCCO)C=C(C(=NOC4CCCCO4)C[C@@H]1N(Cc1cccc4ccccc14)C(=O)CCCCCCCCCCC)[C@H]32. The first-order valence-corrected chi connectivity index (χ1v) is 29.1. The third-order valence-corrected chi connectivity index (χ3v) is 16.3. The zero-order chi connectivity index (χ0) is 54.7. The van der Waals surface area contributed by atoms with Crippen LogP contribution < -0.4 is 24.3 Å². The smallest absolute Gasteiger partial charge is 0.417 e. The van der Waals surface area contributed by atoms with E-state index in [1.807, 2.05) is 29.2 Å². The highest BCUT2D eigenvalue weighted by molar-refractivity contribution is 6.03. The van der Waals surface area contributed by atoms with E-state index >= 15 is 4.79 Å². The van der Waals surface area contributed by atoms with E-state index in [1.165, 1.54) is 39.2 Å². The van der Waals surface area contributed by atoms with Crippen molar-refractivity contribution in [2.24, 2.45) is 22.9 Å². The van der Waals surface area contributed by atoms with Gasteiger partial charge in [-0.3, -0.25) is 10.1 Å². The number of hydrogen-bond donors (Lipinski definition) is 3. The molecule has 2 aliphatic carbocycles. The number of oxime groups is 1. The second kappa shape index (κ2) is 29.3. The Morgan fingerprint density at radius 1 is 0.846 bits per heavy atom. The first-order valence-electron chi connectivity index (χ1n) is 29.1. The average molecular weight is 1070 g/mol. The number of hydrogen-bond acceptors (Lipinski definition) is 12. The van der Waals surface area contributed by atoms with Crippen molar-refractivity contribution >= 4 is 34.2 Å². The van der Waals surface area contributed by atoms with Crippen molar-refractivity contribution in [3.63, 3.8) is 0 Å². The number of rotatable bonds is 30. The number of aliphatic hydroxyl groups excluding tert-OH is 2. The van der Waals surface area contributed by atoms with E-state index in [2.05, 4.69) is 55.2 Å². The lowest BCUT2D eigenvalue weighted by molar-refractivity contribution is -0.258. The molecule has 78 heavy (non-hydrogen) atoms. The van der Waals surface area contributed by atoms with Crippen LogP contribution in [0.15, 0.2) is 108 Å². The molecule has 0 aromatic heterocycles. The highest BCUT2D eigenvalue weighted by Crippen LogP contribution is 2.62. The number of unbranched alkanes of at least 4 members (excludes halogenated alkanes) is 10. The average Bonchev–Trinajstić information content (AvgIpc) is 2.71. The van der Waals surface area contributed by atoms with Crippen molar-refractivity contribution in [3.05, 3.63) is 114 Å². The largest absolute Gasteiger partial charge is 0.497 e. The quantitative estimate of drug-likeness (QED) is 0.0258. The number of carbonyl (C=O) groups is 2. The molecule has 0 bridgehead atoms. The second-order valence-corrected chi connectivity index (χ2v) is 21.5. The van der Waals surface area contributed by atoms with E-state index in [1.54, 1.807) is 37.5 Å². The summed E-state index contributed by atoms with van der Waals surface area (Å²) in [6.07, 6.45) is 20.6. The van der Waals surface area contributed by atoms with Gasteiger partial charge >= 0.3 is 6.09 Å². The van der Waals surface area contributed by atoms with Crippen molar-refractivity contribution in [1.29, 1.82) is 0 Å². The van der Waals surface area contributed by atoms with E-state index in [-0.39, 0.29) is 49.9 Å². The van der Waals surface area contributed by atoms with E-state index < -0.39 is 30.1 Å². The Kier molecular flexibility index (Phi) is 21.9.